The van der Waals surface area contributed by atoms with E-state index in [0.717, 1.165) is 6.42 Å². The fourth-order valence-electron chi connectivity index (χ4n) is 3.27. The van der Waals surface area contributed by atoms with Crippen molar-refractivity contribution in [1.29, 1.82) is 0 Å². The van der Waals surface area contributed by atoms with Crippen molar-refractivity contribution < 1.29 is 17.6 Å². The molecular weight excluding hydrogens is 384 g/mol. The third-order valence-corrected chi connectivity index (χ3v) is 5.51. The molecule has 1 fully saturated rings. The van der Waals surface area contributed by atoms with Crippen LogP contribution in [-0.4, -0.2) is 36.9 Å². The maximum absolute atomic E-state index is 11.8. The van der Waals surface area contributed by atoms with Crippen molar-refractivity contribution in [3.8, 4) is 0 Å². The highest BCUT2D eigenvalue weighted by Gasteiger charge is 2.32. The Hall–Kier alpha value is -3.18. The molecule has 1 aliphatic rings. The van der Waals surface area contributed by atoms with Crippen LogP contribution in [0.25, 0.3) is 11.1 Å². The van der Waals surface area contributed by atoms with Crippen molar-refractivity contribution in [1.82, 2.24) is 9.97 Å². The number of anilines is 3. The van der Waals surface area contributed by atoms with Crippen LogP contribution in [0.15, 0.2) is 45.9 Å². The van der Waals surface area contributed by atoms with Crippen LogP contribution in [0.1, 0.15) is 12.8 Å². The third kappa shape index (κ3) is 3.37. The van der Waals surface area contributed by atoms with Gasteiger partial charge in [-0.15, -0.1) is 0 Å². The second-order valence-electron chi connectivity index (χ2n) is 6.45. The van der Waals surface area contributed by atoms with Gasteiger partial charge in [-0.2, -0.15) is 4.98 Å². The van der Waals surface area contributed by atoms with Gasteiger partial charge in [-0.3, -0.25) is 4.79 Å². The predicted molar refractivity (Wildman–Crippen MR) is 102 cm³/mol. The standard InChI is InChI=1S/C17H18N6O4S/c18-15(24)13-2-1-8-23(13)16-14-12(7-9-27-14)21-17(22-16)20-10-3-5-11(6-4-10)28(19,25)26/h3-7,9,13H,1-2,8H2,(H2,18,24)(H2,19,25,26)(H,20,21,22)/t13-/m0/s1. The van der Waals surface area contributed by atoms with Crippen molar-refractivity contribution >= 4 is 44.5 Å². The lowest BCUT2D eigenvalue weighted by Gasteiger charge is -2.23. The molecule has 0 radical (unpaired) electrons. The quantitative estimate of drug-likeness (QED) is 0.572. The fourth-order valence-corrected chi connectivity index (χ4v) is 3.79. The van der Waals surface area contributed by atoms with E-state index in [-0.39, 0.29) is 10.8 Å². The third-order valence-electron chi connectivity index (χ3n) is 4.58. The Morgan fingerprint density at radius 3 is 2.64 bits per heavy atom. The summed E-state index contributed by atoms with van der Waals surface area (Å²) in [7, 11) is -3.77. The van der Waals surface area contributed by atoms with E-state index in [1.807, 2.05) is 4.90 Å². The van der Waals surface area contributed by atoms with Crippen LogP contribution >= 0.6 is 0 Å². The van der Waals surface area contributed by atoms with E-state index in [1.165, 1.54) is 18.4 Å². The first-order valence-corrected chi connectivity index (χ1v) is 10.1. The van der Waals surface area contributed by atoms with Crippen LogP contribution in [0.3, 0.4) is 0 Å². The van der Waals surface area contributed by atoms with Crippen LogP contribution < -0.4 is 21.1 Å². The molecule has 10 nitrogen and oxygen atoms in total. The molecule has 3 aromatic rings. The fraction of sp³-hybridized carbons (Fsp3) is 0.235. The summed E-state index contributed by atoms with van der Waals surface area (Å²) in [6.45, 7) is 0.628. The molecule has 4 rings (SSSR count). The minimum absolute atomic E-state index is 0.00584. The van der Waals surface area contributed by atoms with Crippen molar-refractivity contribution in [2.45, 2.75) is 23.8 Å². The molecule has 28 heavy (non-hydrogen) atoms. The molecule has 11 heteroatoms. The van der Waals surface area contributed by atoms with Crippen molar-refractivity contribution in [2.75, 3.05) is 16.8 Å². The van der Waals surface area contributed by atoms with Gasteiger partial charge in [0.25, 0.3) is 0 Å². The summed E-state index contributed by atoms with van der Waals surface area (Å²) >= 11 is 0. The number of nitrogens with two attached hydrogens (primary N) is 2. The Balaban J connectivity index is 1.70. The highest BCUT2D eigenvalue weighted by molar-refractivity contribution is 7.89. The average Bonchev–Trinajstić information content (AvgIpc) is 3.30. The average molecular weight is 402 g/mol. The SMILES string of the molecule is NC(=O)[C@@H]1CCCN1c1nc(Nc2ccc(S(N)(=O)=O)cc2)nc2ccoc12. The number of sulfonamides is 1. The smallest absolute Gasteiger partial charge is 0.240 e. The van der Waals surface area contributed by atoms with Gasteiger partial charge in [-0.05, 0) is 37.1 Å². The summed E-state index contributed by atoms with van der Waals surface area (Å²) in [5.41, 5.74) is 7.15. The van der Waals surface area contributed by atoms with Gasteiger partial charge in [0, 0.05) is 18.3 Å². The van der Waals surface area contributed by atoms with Crippen LogP contribution in [0.2, 0.25) is 0 Å². The Labute approximate surface area is 160 Å². The molecule has 146 valence electrons. The first-order valence-electron chi connectivity index (χ1n) is 8.54. The topological polar surface area (TPSA) is 157 Å². The maximum Gasteiger partial charge on any atom is 0.240 e. The summed E-state index contributed by atoms with van der Waals surface area (Å²) in [5, 5.41) is 8.14. The van der Waals surface area contributed by atoms with Gasteiger partial charge in [-0.1, -0.05) is 0 Å². The number of primary amides is 1. The monoisotopic (exact) mass is 402 g/mol. The molecule has 1 amide bonds. The number of aromatic nitrogens is 2. The van der Waals surface area contributed by atoms with Gasteiger partial charge in [0.2, 0.25) is 21.9 Å². The summed E-state index contributed by atoms with van der Waals surface area (Å²) in [4.78, 5) is 22.5. The molecule has 0 bridgehead atoms. The van der Waals surface area contributed by atoms with Gasteiger partial charge >= 0.3 is 0 Å². The lowest BCUT2D eigenvalue weighted by Crippen LogP contribution is -2.40. The van der Waals surface area contributed by atoms with Crippen molar-refractivity contribution in [3.05, 3.63) is 36.6 Å². The predicted octanol–water partition coefficient (Wildman–Crippen LogP) is 1.07. The Morgan fingerprint density at radius 2 is 1.96 bits per heavy atom. The summed E-state index contributed by atoms with van der Waals surface area (Å²) in [6.07, 6.45) is 2.97. The first-order chi connectivity index (χ1) is 13.3. The molecule has 2 aromatic heterocycles. The van der Waals surface area contributed by atoms with Crippen LogP contribution in [-0.2, 0) is 14.8 Å². The summed E-state index contributed by atoms with van der Waals surface area (Å²) in [5.74, 6) is 0.353. The van der Waals surface area contributed by atoms with Gasteiger partial charge in [0.15, 0.2) is 11.4 Å². The Morgan fingerprint density at radius 1 is 1.21 bits per heavy atom. The number of nitrogens with zero attached hydrogens (tertiary/aromatic N) is 3. The van der Waals surface area contributed by atoms with E-state index >= 15 is 0 Å². The van der Waals surface area contributed by atoms with Gasteiger partial charge in [-0.25, -0.2) is 18.5 Å². The number of fused-ring (bicyclic) bond motifs is 1. The molecule has 0 aliphatic carbocycles. The summed E-state index contributed by atoms with van der Waals surface area (Å²) in [6, 6.07) is 7.14. The number of primary sulfonamides is 1. The zero-order valence-electron chi connectivity index (χ0n) is 14.7. The number of nitrogens with one attached hydrogen (secondary N) is 1. The highest BCUT2D eigenvalue weighted by Crippen LogP contribution is 2.32. The van der Waals surface area contributed by atoms with E-state index in [4.69, 9.17) is 15.3 Å². The zero-order chi connectivity index (χ0) is 19.9. The maximum atomic E-state index is 11.8. The highest BCUT2D eigenvalue weighted by atomic mass is 32.2. The molecular formula is C17H18N6O4S. The number of furan rings is 1. The number of amides is 1. The van der Waals surface area contributed by atoms with Gasteiger partial charge in [0.1, 0.15) is 11.6 Å². The number of hydrogen-bond donors (Lipinski definition) is 3. The second-order valence-corrected chi connectivity index (χ2v) is 8.02. The Bertz CT molecular complexity index is 1140. The number of benzene rings is 1. The lowest BCUT2D eigenvalue weighted by atomic mass is 10.2. The number of rotatable bonds is 5. The van der Waals surface area contributed by atoms with E-state index in [9.17, 15) is 13.2 Å². The van der Waals surface area contributed by atoms with Gasteiger partial charge in [0.05, 0.1) is 11.2 Å². The van der Waals surface area contributed by atoms with Gasteiger partial charge < -0.3 is 20.4 Å². The molecule has 0 spiro atoms. The largest absolute Gasteiger partial charge is 0.459 e. The number of hydrogen-bond acceptors (Lipinski definition) is 8. The summed E-state index contributed by atoms with van der Waals surface area (Å²) < 4.78 is 28.3. The number of carbonyl (C=O) groups excluding carboxylic acids is 1. The van der Waals surface area contributed by atoms with Crippen LogP contribution in [0.4, 0.5) is 17.5 Å². The molecule has 1 aliphatic heterocycles. The Kier molecular flexibility index (Phi) is 4.40. The second kappa shape index (κ2) is 6.77. The van der Waals surface area contributed by atoms with E-state index < -0.39 is 22.0 Å². The van der Waals surface area contributed by atoms with E-state index in [1.54, 1.807) is 18.2 Å². The molecule has 1 saturated heterocycles. The normalized spacial score (nSPS) is 17.2. The lowest BCUT2D eigenvalue weighted by molar-refractivity contribution is -0.119. The number of carbonyl (C=O) groups is 1. The molecule has 0 saturated carbocycles. The zero-order valence-corrected chi connectivity index (χ0v) is 15.5. The molecule has 1 aromatic carbocycles. The van der Waals surface area contributed by atoms with E-state index in [2.05, 4.69) is 15.3 Å². The first kappa shape index (κ1) is 18.2. The van der Waals surface area contributed by atoms with E-state index in [0.29, 0.717) is 35.6 Å². The van der Waals surface area contributed by atoms with Crippen molar-refractivity contribution in [3.63, 3.8) is 0 Å². The molecule has 0 unspecified atom stereocenters. The van der Waals surface area contributed by atoms with Crippen molar-refractivity contribution in [2.24, 2.45) is 10.9 Å². The minimum atomic E-state index is -3.77. The minimum Gasteiger partial charge on any atom is -0.459 e. The molecule has 3 heterocycles. The van der Waals surface area contributed by atoms with Crippen LogP contribution in [0, 0.1) is 0 Å². The molecule has 1 atom stereocenters. The molecule has 5 N–H and O–H groups in total. The van der Waals surface area contributed by atoms with Crippen LogP contribution in [0.5, 0.6) is 0 Å².